The van der Waals surface area contributed by atoms with Crippen LogP contribution in [-0.2, 0) is 22.6 Å². The van der Waals surface area contributed by atoms with Crippen LogP contribution in [0.3, 0.4) is 0 Å². The van der Waals surface area contributed by atoms with Crippen LogP contribution in [0.1, 0.15) is 62.6 Å². The van der Waals surface area contributed by atoms with E-state index >= 15 is 0 Å². The second-order valence-electron chi connectivity index (χ2n) is 12.9. The average molecular weight is 637 g/mol. The SMILES string of the molecule is CC(C)(C)CN1Cc2c(cc(Br)c3[nH]ncc23)C[C@@H](CC(=O)N2CCC(c3cc4cccc(F)c4[nH]c3=O)CC2)C1=O. The van der Waals surface area contributed by atoms with Crippen LogP contribution in [0.5, 0.6) is 0 Å². The van der Waals surface area contributed by atoms with Gasteiger partial charge in [-0.2, -0.15) is 5.10 Å². The van der Waals surface area contributed by atoms with Gasteiger partial charge in [-0.1, -0.05) is 32.9 Å². The Morgan fingerprint density at radius 2 is 1.90 bits per heavy atom. The van der Waals surface area contributed by atoms with Crippen molar-refractivity contribution in [2.45, 2.75) is 58.9 Å². The Kier molecular flexibility index (Phi) is 7.45. The molecular formula is C32H35BrFN5O3. The highest BCUT2D eigenvalue weighted by atomic mass is 79.9. The molecule has 42 heavy (non-hydrogen) atoms. The minimum atomic E-state index is -0.465. The fourth-order valence-corrected chi connectivity index (χ4v) is 7.17. The summed E-state index contributed by atoms with van der Waals surface area (Å²) in [6.07, 6.45) is 3.71. The lowest BCUT2D eigenvalue weighted by Crippen LogP contribution is -2.43. The van der Waals surface area contributed by atoms with Crippen molar-refractivity contribution in [2.75, 3.05) is 19.6 Å². The van der Waals surface area contributed by atoms with Gasteiger partial charge >= 0.3 is 0 Å². The molecule has 2 amide bonds. The monoisotopic (exact) mass is 635 g/mol. The summed E-state index contributed by atoms with van der Waals surface area (Å²) in [6, 6.07) is 8.59. The van der Waals surface area contributed by atoms with Crippen molar-refractivity contribution in [3.63, 3.8) is 0 Å². The number of para-hydroxylation sites is 1. The van der Waals surface area contributed by atoms with Crippen LogP contribution in [0, 0.1) is 17.2 Å². The van der Waals surface area contributed by atoms with Gasteiger partial charge in [-0.3, -0.25) is 19.5 Å². The highest BCUT2D eigenvalue weighted by Crippen LogP contribution is 2.36. The van der Waals surface area contributed by atoms with Crippen molar-refractivity contribution in [1.82, 2.24) is 25.0 Å². The number of piperidine rings is 1. The Bertz CT molecular complexity index is 1750. The van der Waals surface area contributed by atoms with Gasteiger partial charge in [0.05, 0.1) is 23.1 Å². The smallest absolute Gasteiger partial charge is 0.251 e. The van der Waals surface area contributed by atoms with Gasteiger partial charge in [0.1, 0.15) is 5.82 Å². The lowest BCUT2D eigenvalue weighted by atomic mass is 9.88. The zero-order chi connectivity index (χ0) is 29.8. The molecule has 4 heterocycles. The number of pyridine rings is 1. The van der Waals surface area contributed by atoms with E-state index in [2.05, 4.69) is 57.9 Å². The van der Waals surface area contributed by atoms with Gasteiger partial charge in [0.2, 0.25) is 11.8 Å². The van der Waals surface area contributed by atoms with Crippen LogP contribution in [-0.4, -0.2) is 56.4 Å². The van der Waals surface area contributed by atoms with Crippen molar-refractivity contribution in [3.8, 4) is 0 Å². The predicted molar refractivity (Wildman–Crippen MR) is 164 cm³/mol. The molecule has 0 unspecified atom stereocenters. The number of carbonyl (C=O) groups is 2. The van der Waals surface area contributed by atoms with Gasteiger partial charge in [0, 0.05) is 53.4 Å². The average Bonchev–Trinajstić information content (AvgIpc) is 3.40. The number of halogens is 2. The third kappa shape index (κ3) is 5.48. The molecule has 1 atom stereocenters. The minimum Gasteiger partial charge on any atom is -0.343 e. The molecule has 0 aliphatic carbocycles. The highest BCUT2D eigenvalue weighted by Gasteiger charge is 2.36. The second kappa shape index (κ2) is 10.9. The van der Waals surface area contributed by atoms with E-state index in [1.807, 2.05) is 16.0 Å². The molecular weight excluding hydrogens is 601 g/mol. The number of carbonyl (C=O) groups excluding carboxylic acids is 2. The summed E-state index contributed by atoms with van der Waals surface area (Å²) in [5.74, 6) is -0.965. The van der Waals surface area contributed by atoms with Gasteiger partial charge in [-0.25, -0.2) is 4.39 Å². The zero-order valence-electron chi connectivity index (χ0n) is 24.1. The second-order valence-corrected chi connectivity index (χ2v) is 13.8. The molecule has 2 N–H and O–H groups in total. The van der Waals surface area contributed by atoms with E-state index in [1.165, 1.54) is 6.07 Å². The Morgan fingerprint density at radius 1 is 1.14 bits per heavy atom. The van der Waals surface area contributed by atoms with E-state index in [1.54, 1.807) is 18.2 Å². The number of fused-ring (bicyclic) bond motifs is 4. The largest absolute Gasteiger partial charge is 0.343 e. The number of aromatic nitrogens is 3. The summed E-state index contributed by atoms with van der Waals surface area (Å²) < 4.78 is 15.0. The van der Waals surface area contributed by atoms with E-state index in [0.29, 0.717) is 56.4 Å². The molecule has 1 fully saturated rings. The van der Waals surface area contributed by atoms with E-state index in [-0.39, 0.29) is 40.6 Å². The number of hydrogen-bond donors (Lipinski definition) is 2. The summed E-state index contributed by atoms with van der Waals surface area (Å²) >= 11 is 3.65. The molecule has 2 aromatic heterocycles. The number of likely N-dealkylation sites (tertiary alicyclic amines) is 1. The van der Waals surface area contributed by atoms with Crippen molar-refractivity contribution in [3.05, 3.63) is 73.9 Å². The van der Waals surface area contributed by atoms with Crippen LogP contribution in [0.2, 0.25) is 0 Å². The molecule has 2 aliphatic heterocycles. The number of benzene rings is 2. The van der Waals surface area contributed by atoms with Gasteiger partial charge in [-0.15, -0.1) is 0 Å². The first-order valence-corrected chi connectivity index (χ1v) is 15.3. The molecule has 220 valence electrons. The van der Waals surface area contributed by atoms with E-state index < -0.39 is 11.7 Å². The standard InChI is InChI=1S/C32H35BrFN5O3/c1-32(2,3)17-39-16-24-20(13-25(33)29-23(24)15-35-37-29)11-21(31(39)42)14-27(40)38-9-7-18(8-10-38)22-12-19-5-4-6-26(34)28(19)36-30(22)41/h4-6,12-13,15,18,21H,7-11,14,16-17H2,1-3H3,(H,35,37)(H,36,41)/t21-/m0/s1. The fourth-order valence-electron chi connectivity index (χ4n) is 6.59. The third-order valence-corrected chi connectivity index (χ3v) is 9.22. The summed E-state index contributed by atoms with van der Waals surface area (Å²) in [4.78, 5) is 46.8. The van der Waals surface area contributed by atoms with Gasteiger partial charge in [-0.05, 0) is 75.9 Å². The van der Waals surface area contributed by atoms with Crippen molar-refractivity contribution in [1.29, 1.82) is 0 Å². The zero-order valence-corrected chi connectivity index (χ0v) is 25.7. The van der Waals surface area contributed by atoms with Gasteiger partial charge in [0.15, 0.2) is 0 Å². The molecule has 0 radical (unpaired) electrons. The number of hydrogen-bond acceptors (Lipinski definition) is 4. The maximum atomic E-state index is 14.1. The van der Waals surface area contributed by atoms with E-state index in [9.17, 15) is 18.8 Å². The lowest BCUT2D eigenvalue weighted by Gasteiger charge is -2.34. The number of nitrogens with zero attached hydrogens (tertiary/aromatic N) is 3. The topological polar surface area (TPSA) is 102 Å². The number of H-pyrrole nitrogens is 2. The Morgan fingerprint density at radius 3 is 2.64 bits per heavy atom. The lowest BCUT2D eigenvalue weighted by molar-refractivity contribution is -0.142. The molecule has 10 heteroatoms. The van der Waals surface area contributed by atoms with E-state index in [4.69, 9.17) is 0 Å². The maximum absolute atomic E-state index is 14.1. The predicted octanol–water partition coefficient (Wildman–Crippen LogP) is 5.65. The third-order valence-electron chi connectivity index (χ3n) is 8.60. The Hall–Kier alpha value is -3.53. The summed E-state index contributed by atoms with van der Waals surface area (Å²) in [7, 11) is 0. The minimum absolute atomic E-state index is 0.00654. The number of rotatable bonds is 4. The van der Waals surface area contributed by atoms with Crippen LogP contribution in [0.4, 0.5) is 4.39 Å². The molecule has 4 aromatic rings. The van der Waals surface area contributed by atoms with E-state index in [0.717, 1.165) is 26.5 Å². The number of aromatic amines is 2. The van der Waals surface area contributed by atoms with Crippen LogP contribution < -0.4 is 5.56 Å². The number of amides is 2. The van der Waals surface area contributed by atoms with Crippen molar-refractivity contribution in [2.24, 2.45) is 11.3 Å². The summed E-state index contributed by atoms with van der Waals surface area (Å²) in [5, 5.41) is 8.95. The van der Waals surface area contributed by atoms with Gasteiger partial charge < -0.3 is 14.8 Å². The first-order valence-electron chi connectivity index (χ1n) is 14.5. The maximum Gasteiger partial charge on any atom is 0.251 e. The van der Waals surface area contributed by atoms with Crippen LogP contribution in [0.15, 0.2) is 45.8 Å². The highest BCUT2D eigenvalue weighted by molar-refractivity contribution is 9.10. The molecule has 0 bridgehead atoms. The summed E-state index contributed by atoms with van der Waals surface area (Å²) in [5.41, 5.74) is 3.51. The molecule has 0 spiro atoms. The Labute approximate surface area is 251 Å². The van der Waals surface area contributed by atoms with Crippen LogP contribution >= 0.6 is 15.9 Å². The van der Waals surface area contributed by atoms with Gasteiger partial charge in [0.25, 0.3) is 5.56 Å². The van der Waals surface area contributed by atoms with Crippen molar-refractivity contribution < 1.29 is 14.0 Å². The molecule has 2 aliphatic rings. The molecule has 6 rings (SSSR count). The normalized spacial score (nSPS) is 18.5. The summed E-state index contributed by atoms with van der Waals surface area (Å²) in [6.45, 7) is 8.42. The molecule has 0 saturated carbocycles. The quantitative estimate of drug-likeness (QED) is 0.303. The first-order chi connectivity index (χ1) is 20.0. The molecule has 2 aromatic carbocycles. The Balaban J connectivity index is 1.20. The number of nitrogens with one attached hydrogen (secondary N) is 2. The first kappa shape index (κ1) is 28.6. The van der Waals surface area contributed by atoms with Crippen LogP contribution in [0.25, 0.3) is 21.8 Å². The van der Waals surface area contributed by atoms with Crippen molar-refractivity contribution >= 4 is 49.6 Å². The fraction of sp³-hybridized carbons (Fsp3) is 0.438. The molecule has 8 nitrogen and oxygen atoms in total. The molecule has 1 saturated heterocycles.